The van der Waals surface area contributed by atoms with Gasteiger partial charge in [-0.1, -0.05) is 6.92 Å². The topological polar surface area (TPSA) is 72.0 Å². The van der Waals surface area contributed by atoms with E-state index >= 15 is 0 Å². The normalized spacial score (nSPS) is 10.2. The molecule has 2 N–H and O–H groups in total. The third-order valence-corrected chi connectivity index (χ3v) is 2.62. The Morgan fingerprint density at radius 1 is 1.06 bits per heavy atom. The van der Waals surface area contributed by atoms with Gasteiger partial charge < -0.3 is 15.4 Å². The number of thioether (sulfide) groups is 1. The van der Waals surface area contributed by atoms with Crippen LogP contribution in [0, 0.1) is 0 Å². The zero-order chi connectivity index (χ0) is 13.2. The number of nitrogens with zero attached hydrogens (tertiary/aromatic N) is 3. The second-order valence-electron chi connectivity index (χ2n) is 3.54. The van der Waals surface area contributed by atoms with Crippen LogP contribution in [0.2, 0.25) is 0 Å². The second-order valence-corrected chi connectivity index (χ2v) is 4.53. The van der Waals surface area contributed by atoms with Gasteiger partial charge in [0.15, 0.2) is 0 Å². The van der Waals surface area contributed by atoms with E-state index < -0.39 is 0 Å². The van der Waals surface area contributed by atoms with Gasteiger partial charge in [0, 0.05) is 18.8 Å². The first-order chi connectivity index (χ1) is 8.80. The Labute approximate surface area is 112 Å². The molecule has 0 aliphatic carbocycles. The highest BCUT2D eigenvalue weighted by Gasteiger charge is 2.06. The van der Waals surface area contributed by atoms with Crippen LogP contribution in [-0.2, 0) is 0 Å². The number of ether oxygens (including phenoxy) is 1. The van der Waals surface area contributed by atoms with Crippen LogP contribution in [0.5, 0.6) is 6.01 Å². The summed E-state index contributed by atoms with van der Waals surface area (Å²) < 4.78 is 5.33. The fraction of sp³-hybridized carbons (Fsp3) is 0.727. The molecule has 0 aliphatic rings. The first-order valence-corrected chi connectivity index (χ1v) is 7.55. The fourth-order valence-corrected chi connectivity index (χ4v) is 1.52. The van der Waals surface area contributed by atoms with E-state index in [1.54, 1.807) is 11.8 Å². The van der Waals surface area contributed by atoms with Gasteiger partial charge in [0.05, 0.1) is 6.61 Å². The zero-order valence-electron chi connectivity index (χ0n) is 11.2. The SMILES string of the molecule is CCCNc1nc(NCCSC)nc(OCC)n1. The van der Waals surface area contributed by atoms with Crippen LogP contribution in [0.3, 0.4) is 0 Å². The molecule has 0 aliphatic heterocycles. The molecule has 6 nitrogen and oxygen atoms in total. The van der Waals surface area contributed by atoms with E-state index in [0.717, 1.165) is 25.3 Å². The van der Waals surface area contributed by atoms with Crippen LogP contribution < -0.4 is 15.4 Å². The summed E-state index contributed by atoms with van der Waals surface area (Å²) in [6.07, 6.45) is 3.08. The van der Waals surface area contributed by atoms with Gasteiger partial charge >= 0.3 is 6.01 Å². The average molecular weight is 271 g/mol. The Bertz CT molecular complexity index is 350. The Balaban J connectivity index is 2.70. The summed E-state index contributed by atoms with van der Waals surface area (Å²) in [7, 11) is 0. The molecule has 0 spiro atoms. The monoisotopic (exact) mass is 271 g/mol. The minimum atomic E-state index is 0.359. The fourth-order valence-electron chi connectivity index (χ4n) is 1.21. The molecule has 0 fully saturated rings. The predicted molar refractivity (Wildman–Crippen MR) is 76.6 cm³/mol. The number of hydrogen-bond acceptors (Lipinski definition) is 7. The maximum atomic E-state index is 5.33. The van der Waals surface area contributed by atoms with Gasteiger partial charge in [0.1, 0.15) is 0 Å². The third kappa shape index (κ3) is 5.39. The van der Waals surface area contributed by atoms with Crippen LogP contribution >= 0.6 is 11.8 Å². The first-order valence-electron chi connectivity index (χ1n) is 6.15. The lowest BCUT2D eigenvalue weighted by Crippen LogP contribution is -2.12. The Kier molecular flexibility index (Phi) is 7.24. The molecule has 1 rings (SSSR count). The van der Waals surface area contributed by atoms with Crippen molar-refractivity contribution in [2.45, 2.75) is 20.3 Å². The highest BCUT2D eigenvalue weighted by Crippen LogP contribution is 2.11. The summed E-state index contributed by atoms with van der Waals surface area (Å²) in [5, 5.41) is 6.29. The number of nitrogens with one attached hydrogen (secondary N) is 2. The lowest BCUT2D eigenvalue weighted by molar-refractivity contribution is 0.312. The van der Waals surface area contributed by atoms with Gasteiger partial charge in [-0.15, -0.1) is 0 Å². The van der Waals surface area contributed by atoms with Crippen LogP contribution in [-0.4, -0.2) is 46.7 Å². The van der Waals surface area contributed by atoms with E-state index in [0.29, 0.717) is 24.5 Å². The quantitative estimate of drug-likeness (QED) is 0.664. The molecule has 18 heavy (non-hydrogen) atoms. The number of aromatic nitrogens is 3. The van der Waals surface area contributed by atoms with Gasteiger partial charge in [-0.3, -0.25) is 0 Å². The average Bonchev–Trinajstić information content (AvgIpc) is 2.37. The van der Waals surface area contributed by atoms with Crippen molar-refractivity contribution in [2.75, 3.05) is 42.3 Å². The molecule has 0 radical (unpaired) electrons. The molecule has 0 bridgehead atoms. The summed E-state index contributed by atoms with van der Waals surface area (Å²) in [5.74, 6) is 2.12. The molecule has 0 saturated heterocycles. The van der Waals surface area contributed by atoms with Crippen molar-refractivity contribution in [1.82, 2.24) is 15.0 Å². The maximum Gasteiger partial charge on any atom is 0.323 e. The second kappa shape index (κ2) is 8.79. The van der Waals surface area contributed by atoms with Crippen molar-refractivity contribution in [3.8, 4) is 6.01 Å². The largest absolute Gasteiger partial charge is 0.464 e. The molecule has 0 amide bonds. The van der Waals surface area contributed by atoms with E-state index in [4.69, 9.17) is 4.74 Å². The van der Waals surface area contributed by atoms with Crippen molar-refractivity contribution < 1.29 is 4.74 Å². The smallest absolute Gasteiger partial charge is 0.323 e. The molecule has 1 aromatic rings. The summed E-state index contributed by atoms with van der Waals surface area (Å²) in [4.78, 5) is 12.7. The van der Waals surface area contributed by atoms with Crippen molar-refractivity contribution in [2.24, 2.45) is 0 Å². The molecular formula is C11H21N5OS. The van der Waals surface area contributed by atoms with Gasteiger partial charge in [-0.25, -0.2) is 0 Å². The van der Waals surface area contributed by atoms with Crippen LogP contribution in [0.25, 0.3) is 0 Å². The molecule has 0 atom stereocenters. The summed E-state index contributed by atoms with van der Waals surface area (Å²) in [6, 6.07) is 0.359. The number of anilines is 2. The van der Waals surface area contributed by atoms with Crippen LogP contribution in [0.15, 0.2) is 0 Å². The summed E-state index contributed by atoms with van der Waals surface area (Å²) in [6.45, 7) is 6.20. The van der Waals surface area contributed by atoms with E-state index in [1.165, 1.54) is 0 Å². The molecule has 0 unspecified atom stereocenters. The minimum absolute atomic E-state index is 0.359. The van der Waals surface area contributed by atoms with E-state index in [-0.39, 0.29) is 0 Å². The van der Waals surface area contributed by atoms with Gasteiger partial charge in [0.25, 0.3) is 0 Å². The number of rotatable bonds is 9. The highest BCUT2D eigenvalue weighted by molar-refractivity contribution is 7.98. The number of hydrogen-bond donors (Lipinski definition) is 2. The maximum absolute atomic E-state index is 5.33. The molecule has 7 heteroatoms. The van der Waals surface area contributed by atoms with Crippen molar-refractivity contribution >= 4 is 23.7 Å². The van der Waals surface area contributed by atoms with E-state index in [9.17, 15) is 0 Å². The molecule has 1 heterocycles. The molecular weight excluding hydrogens is 250 g/mol. The molecule has 1 aromatic heterocycles. The highest BCUT2D eigenvalue weighted by atomic mass is 32.2. The summed E-state index contributed by atoms with van der Waals surface area (Å²) >= 11 is 1.77. The lowest BCUT2D eigenvalue weighted by atomic mass is 10.5. The Hall–Kier alpha value is -1.24. The minimum Gasteiger partial charge on any atom is -0.464 e. The van der Waals surface area contributed by atoms with Crippen LogP contribution in [0.4, 0.5) is 11.9 Å². The van der Waals surface area contributed by atoms with Gasteiger partial charge in [-0.2, -0.15) is 26.7 Å². The van der Waals surface area contributed by atoms with E-state index in [1.807, 2.05) is 6.92 Å². The zero-order valence-corrected chi connectivity index (χ0v) is 12.0. The Morgan fingerprint density at radius 3 is 2.28 bits per heavy atom. The molecule has 0 saturated carbocycles. The van der Waals surface area contributed by atoms with Crippen molar-refractivity contribution in [3.63, 3.8) is 0 Å². The lowest BCUT2D eigenvalue weighted by Gasteiger charge is -2.09. The van der Waals surface area contributed by atoms with Crippen molar-refractivity contribution in [1.29, 1.82) is 0 Å². The van der Waals surface area contributed by atoms with Gasteiger partial charge in [-0.05, 0) is 19.6 Å². The first kappa shape index (κ1) is 14.8. The van der Waals surface area contributed by atoms with Crippen LogP contribution in [0.1, 0.15) is 20.3 Å². The Morgan fingerprint density at radius 2 is 1.72 bits per heavy atom. The molecule has 0 aromatic carbocycles. The van der Waals surface area contributed by atoms with Gasteiger partial charge in [0.2, 0.25) is 11.9 Å². The van der Waals surface area contributed by atoms with Crippen molar-refractivity contribution in [3.05, 3.63) is 0 Å². The molecule has 102 valence electrons. The predicted octanol–water partition coefficient (Wildman–Crippen LogP) is 1.87. The standard InChI is InChI=1S/C11H21N5OS/c1-4-6-12-9-14-10(13-7-8-18-3)16-11(15-9)17-5-2/h4-8H2,1-3H3,(H2,12,13,14,15,16). The van der Waals surface area contributed by atoms with E-state index in [2.05, 4.69) is 38.8 Å². The summed E-state index contributed by atoms with van der Waals surface area (Å²) in [5.41, 5.74) is 0. The third-order valence-electron chi connectivity index (χ3n) is 2.01.